The van der Waals surface area contributed by atoms with Crippen molar-refractivity contribution < 1.29 is 12.6 Å². The van der Waals surface area contributed by atoms with Crippen LogP contribution in [0.1, 0.15) is 64.4 Å². The molecule has 1 heterocycles. The molecule has 1 aromatic rings. The lowest BCUT2D eigenvalue weighted by Gasteiger charge is -2.57. The fourth-order valence-electron chi connectivity index (χ4n) is 7.49. The van der Waals surface area contributed by atoms with Crippen molar-refractivity contribution in [3.8, 4) is 0 Å². The zero-order chi connectivity index (χ0) is 21.1. The van der Waals surface area contributed by atoms with E-state index in [0.717, 1.165) is 25.7 Å². The zero-order valence-electron chi connectivity index (χ0n) is 18.3. The summed E-state index contributed by atoms with van der Waals surface area (Å²) < 4.78 is 28.6. The van der Waals surface area contributed by atoms with E-state index in [4.69, 9.17) is 4.18 Å². The van der Waals surface area contributed by atoms with E-state index in [2.05, 4.69) is 37.0 Å². The highest BCUT2D eigenvalue weighted by molar-refractivity contribution is 7.86. The van der Waals surface area contributed by atoms with E-state index in [1.807, 2.05) is 18.5 Å². The Labute approximate surface area is 180 Å². The number of nitrogens with zero attached hydrogens (tertiary/aromatic N) is 1. The third-order valence-corrected chi connectivity index (χ3v) is 9.54. The van der Waals surface area contributed by atoms with Crippen molar-refractivity contribution in [3.63, 3.8) is 0 Å². The van der Waals surface area contributed by atoms with E-state index in [9.17, 15) is 8.42 Å². The molecule has 4 nitrogen and oxygen atoms in total. The van der Waals surface area contributed by atoms with Crippen molar-refractivity contribution in [2.75, 3.05) is 6.26 Å². The largest absolute Gasteiger partial charge is 0.267 e. The quantitative estimate of drug-likeness (QED) is 0.480. The number of rotatable bonds is 3. The second-order valence-electron chi connectivity index (χ2n) is 10.5. The first-order valence-electron chi connectivity index (χ1n) is 11.4. The van der Waals surface area contributed by atoms with E-state index in [-0.39, 0.29) is 16.9 Å². The summed E-state index contributed by atoms with van der Waals surface area (Å²) in [4.78, 5) is 4.37. The molecule has 5 rings (SSSR count). The summed E-state index contributed by atoms with van der Waals surface area (Å²) in [6, 6.07) is 4.26. The summed E-state index contributed by atoms with van der Waals surface area (Å²) in [5.74, 6) is 2.08. The van der Waals surface area contributed by atoms with Gasteiger partial charge in [-0.2, -0.15) is 8.42 Å². The molecule has 1 aromatic heterocycles. The molecule has 0 bridgehead atoms. The molecular formula is C25H33NO3S. The standard InChI is InChI=1S/C25H33NO3S/c1-24-12-10-19(29-30(3,27)28)15-18(24)6-7-20-22-9-8-21(17-5-4-14-26-16-17)25(22,2)13-11-23(20)24/h4-6,8,14,16,19-20,22-23H,7,9-13,15H2,1-3H3/t19-,20-,22-,23-,24-,25+/m0/s1. The number of hydrogen-bond donors (Lipinski definition) is 0. The Morgan fingerprint density at radius 3 is 2.60 bits per heavy atom. The van der Waals surface area contributed by atoms with Crippen LogP contribution in [0.3, 0.4) is 0 Å². The molecule has 2 saturated carbocycles. The van der Waals surface area contributed by atoms with Crippen molar-refractivity contribution in [2.45, 2.75) is 64.9 Å². The molecule has 4 aliphatic carbocycles. The molecule has 0 aromatic carbocycles. The van der Waals surface area contributed by atoms with E-state index in [1.165, 1.54) is 42.2 Å². The maximum absolute atomic E-state index is 11.6. The second kappa shape index (κ2) is 7.03. The summed E-state index contributed by atoms with van der Waals surface area (Å²) in [5, 5.41) is 0. The van der Waals surface area contributed by atoms with E-state index in [1.54, 1.807) is 0 Å². The Morgan fingerprint density at radius 2 is 1.87 bits per heavy atom. The highest BCUT2D eigenvalue weighted by atomic mass is 32.2. The van der Waals surface area contributed by atoms with Gasteiger partial charge in [-0.1, -0.05) is 37.6 Å². The summed E-state index contributed by atoms with van der Waals surface area (Å²) >= 11 is 0. The minimum Gasteiger partial charge on any atom is -0.267 e. The Morgan fingerprint density at radius 1 is 1.07 bits per heavy atom. The molecule has 0 saturated heterocycles. The average Bonchev–Trinajstić information content (AvgIpc) is 3.05. The van der Waals surface area contributed by atoms with Crippen LogP contribution in [0.5, 0.6) is 0 Å². The Bertz CT molecular complexity index is 998. The summed E-state index contributed by atoms with van der Waals surface area (Å²) in [6.07, 6.45) is 17.2. The molecule has 4 aliphatic rings. The summed E-state index contributed by atoms with van der Waals surface area (Å²) in [7, 11) is -3.40. The predicted octanol–water partition coefficient (Wildman–Crippen LogP) is 5.38. The first-order chi connectivity index (χ1) is 14.2. The third kappa shape index (κ3) is 3.20. The molecule has 5 heteroatoms. The van der Waals surface area contributed by atoms with Gasteiger partial charge in [-0.05, 0) is 90.7 Å². The minimum atomic E-state index is -3.40. The van der Waals surface area contributed by atoms with Crippen molar-refractivity contribution in [1.29, 1.82) is 0 Å². The van der Waals surface area contributed by atoms with Gasteiger partial charge >= 0.3 is 0 Å². The van der Waals surface area contributed by atoms with Crippen LogP contribution in [-0.2, 0) is 14.3 Å². The number of allylic oxidation sites excluding steroid dienone is 3. The van der Waals surface area contributed by atoms with Crippen molar-refractivity contribution in [3.05, 3.63) is 47.8 Å². The SMILES string of the molecule is C[C@]12CC[C@H](OS(C)(=O)=O)CC1=CC[C@@H]1[C@@H]2CC[C@]2(C)C(c3cccnc3)=CC[C@@H]12. The Hall–Kier alpha value is -1.46. The average molecular weight is 428 g/mol. The van der Waals surface area contributed by atoms with Gasteiger partial charge in [0.2, 0.25) is 0 Å². The first kappa shape index (κ1) is 20.4. The monoisotopic (exact) mass is 427 g/mol. The van der Waals surface area contributed by atoms with E-state index >= 15 is 0 Å². The van der Waals surface area contributed by atoms with Gasteiger partial charge in [0.05, 0.1) is 12.4 Å². The maximum Gasteiger partial charge on any atom is 0.264 e. The van der Waals surface area contributed by atoms with Crippen LogP contribution in [0.15, 0.2) is 42.3 Å². The smallest absolute Gasteiger partial charge is 0.264 e. The van der Waals surface area contributed by atoms with Crippen LogP contribution in [0.2, 0.25) is 0 Å². The van der Waals surface area contributed by atoms with Gasteiger partial charge in [-0.25, -0.2) is 0 Å². The molecule has 162 valence electrons. The first-order valence-corrected chi connectivity index (χ1v) is 13.2. The molecule has 30 heavy (non-hydrogen) atoms. The van der Waals surface area contributed by atoms with Crippen molar-refractivity contribution in [1.82, 2.24) is 4.98 Å². The topological polar surface area (TPSA) is 56.3 Å². The number of hydrogen-bond acceptors (Lipinski definition) is 4. The number of pyridine rings is 1. The molecule has 0 radical (unpaired) electrons. The lowest BCUT2D eigenvalue weighted by Crippen LogP contribution is -2.50. The van der Waals surface area contributed by atoms with Crippen LogP contribution in [0, 0.1) is 28.6 Å². The lowest BCUT2D eigenvalue weighted by atomic mass is 9.47. The minimum absolute atomic E-state index is 0.185. The highest BCUT2D eigenvalue weighted by Gasteiger charge is 2.57. The maximum atomic E-state index is 11.6. The van der Waals surface area contributed by atoms with E-state index in [0.29, 0.717) is 17.8 Å². The van der Waals surface area contributed by atoms with Gasteiger partial charge < -0.3 is 0 Å². The second-order valence-corrected chi connectivity index (χ2v) is 12.1. The molecule has 0 aliphatic heterocycles. The lowest BCUT2D eigenvalue weighted by molar-refractivity contribution is -0.0205. The molecule has 0 unspecified atom stereocenters. The molecule has 6 atom stereocenters. The van der Waals surface area contributed by atoms with Crippen LogP contribution in [0.25, 0.3) is 5.57 Å². The van der Waals surface area contributed by atoms with Crippen molar-refractivity contribution >= 4 is 15.7 Å². The van der Waals surface area contributed by atoms with Gasteiger partial charge in [0.25, 0.3) is 10.1 Å². The van der Waals surface area contributed by atoms with Crippen molar-refractivity contribution in [2.24, 2.45) is 28.6 Å². The van der Waals surface area contributed by atoms with Crippen LogP contribution >= 0.6 is 0 Å². The zero-order valence-corrected chi connectivity index (χ0v) is 19.1. The fourth-order valence-corrected chi connectivity index (χ4v) is 8.15. The number of aromatic nitrogens is 1. The molecular weight excluding hydrogens is 394 g/mol. The number of fused-ring (bicyclic) bond motifs is 5. The van der Waals surface area contributed by atoms with Gasteiger partial charge in [0.15, 0.2) is 0 Å². The van der Waals surface area contributed by atoms with Crippen LogP contribution in [-0.4, -0.2) is 25.8 Å². The van der Waals surface area contributed by atoms with Gasteiger partial charge in [0.1, 0.15) is 0 Å². The third-order valence-electron chi connectivity index (χ3n) is 8.92. The van der Waals surface area contributed by atoms with Gasteiger partial charge in [0, 0.05) is 12.4 Å². The molecule has 2 fully saturated rings. The summed E-state index contributed by atoms with van der Waals surface area (Å²) in [6.45, 7) is 4.93. The Kier molecular flexibility index (Phi) is 4.79. The van der Waals surface area contributed by atoms with E-state index < -0.39 is 10.1 Å². The molecule has 0 amide bonds. The van der Waals surface area contributed by atoms with Gasteiger partial charge in [-0.3, -0.25) is 9.17 Å². The molecule has 0 spiro atoms. The summed E-state index contributed by atoms with van der Waals surface area (Å²) in [5.41, 5.74) is 4.67. The predicted molar refractivity (Wildman–Crippen MR) is 119 cm³/mol. The normalized spacial score (nSPS) is 40.6. The van der Waals surface area contributed by atoms with Crippen LogP contribution in [0.4, 0.5) is 0 Å². The Balaban J connectivity index is 1.40. The van der Waals surface area contributed by atoms with Crippen LogP contribution < -0.4 is 0 Å². The molecule has 0 N–H and O–H groups in total. The highest BCUT2D eigenvalue weighted by Crippen LogP contribution is 2.66. The van der Waals surface area contributed by atoms with Gasteiger partial charge in [-0.15, -0.1) is 0 Å². The fraction of sp³-hybridized carbons (Fsp3) is 0.640.